The lowest BCUT2D eigenvalue weighted by Gasteiger charge is -2.12. The Kier molecular flexibility index (Phi) is 8.83. The molecule has 0 spiro atoms. The molecule has 0 atom stereocenters. The van der Waals surface area contributed by atoms with E-state index < -0.39 is 17.7 Å². The van der Waals surface area contributed by atoms with Crippen LogP contribution in [0.25, 0.3) is 0 Å². The zero-order valence-electron chi connectivity index (χ0n) is 20.2. The van der Waals surface area contributed by atoms with E-state index in [1.165, 1.54) is 23.5 Å². The van der Waals surface area contributed by atoms with Crippen LogP contribution in [0.2, 0.25) is 5.02 Å². The highest BCUT2D eigenvalue weighted by atomic mass is 35.5. The van der Waals surface area contributed by atoms with Crippen LogP contribution in [0.3, 0.4) is 0 Å². The number of hydrogen-bond acceptors (Lipinski definition) is 8. The molecule has 9 nitrogen and oxygen atoms in total. The Hall–Kier alpha value is -2.96. The Balaban J connectivity index is 1.37. The first-order chi connectivity index (χ1) is 17.8. The molecular formula is C24H25ClFN5O4S2. The zero-order chi connectivity index (χ0) is 26.5. The lowest BCUT2D eigenvalue weighted by Crippen LogP contribution is -2.25. The van der Waals surface area contributed by atoms with Crippen molar-refractivity contribution in [1.29, 1.82) is 0 Å². The minimum absolute atomic E-state index is 0.00966. The summed E-state index contributed by atoms with van der Waals surface area (Å²) < 4.78 is 20.8. The first kappa shape index (κ1) is 27.1. The van der Waals surface area contributed by atoms with Gasteiger partial charge in [0.25, 0.3) is 5.91 Å². The van der Waals surface area contributed by atoms with E-state index in [4.69, 9.17) is 16.3 Å². The van der Waals surface area contributed by atoms with Crippen molar-refractivity contribution in [2.24, 2.45) is 7.05 Å². The van der Waals surface area contributed by atoms with Crippen molar-refractivity contribution in [2.45, 2.75) is 44.3 Å². The van der Waals surface area contributed by atoms with Crippen LogP contribution in [-0.2, 0) is 36.0 Å². The summed E-state index contributed by atoms with van der Waals surface area (Å²) in [5.41, 5.74) is 1.20. The van der Waals surface area contributed by atoms with Crippen LogP contribution in [0, 0.1) is 5.82 Å². The molecule has 2 heterocycles. The number of thioether (sulfide) groups is 1. The van der Waals surface area contributed by atoms with Gasteiger partial charge in [-0.2, -0.15) is 0 Å². The quantitative estimate of drug-likeness (QED) is 0.292. The van der Waals surface area contributed by atoms with E-state index in [2.05, 4.69) is 20.8 Å². The Labute approximate surface area is 226 Å². The molecule has 2 amide bonds. The Morgan fingerprint density at radius 2 is 2.00 bits per heavy atom. The molecule has 4 rings (SSSR count). The molecule has 196 valence electrons. The molecule has 1 aromatic carbocycles. The fraction of sp³-hybridized carbons (Fsp3) is 0.375. The van der Waals surface area contributed by atoms with Crippen LogP contribution in [-0.4, -0.2) is 44.9 Å². The minimum Gasteiger partial charge on any atom is -0.462 e. The number of carbonyl (C=O) groups excluding carboxylic acids is 3. The van der Waals surface area contributed by atoms with E-state index in [0.717, 1.165) is 54.0 Å². The zero-order valence-corrected chi connectivity index (χ0v) is 22.6. The first-order valence-electron chi connectivity index (χ1n) is 11.6. The largest absolute Gasteiger partial charge is 0.462 e. The van der Waals surface area contributed by atoms with Crippen molar-refractivity contribution in [3.05, 3.63) is 56.4 Å². The summed E-state index contributed by atoms with van der Waals surface area (Å²) >= 11 is 8.54. The van der Waals surface area contributed by atoms with Crippen LogP contribution >= 0.6 is 34.7 Å². The maximum Gasteiger partial charge on any atom is 0.341 e. The van der Waals surface area contributed by atoms with E-state index in [0.29, 0.717) is 21.5 Å². The molecule has 0 aliphatic heterocycles. The van der Waals surface area contributed by atoms with E-state index >= 15 is 0 Å². The van der Waals surface area contributed by atoms with Crippen molar-refractivity contribution in [2.75, 3.05) is 17.7 Å². The Morgan fingerprint density at radius 3 is 2.76 bits per heavy atom. The van der Waals surface area contributed by atoms with E-state index in [1.807, 2.05) is 0 Å². The lowest BCUT2D eigenvalue weighted by atomic mass is 9.95. The van der Waals surface area contributed by atoms with Gasteiger partial charge in [-0.3, -0.25) is 9.59 Å². The average Bonchev–Trinajstić information content (AvgIpc) is 3.40. The summed E-state index contributed by atoms with van der Waals surface area (Å²) in [5.74, 6) is -1.64. The van der Waals surface area contributed by atoms with Gasteiger partial charge in [0.1, 0.15) is 10.8 Å². The van der Waals surface area contributed by atoms with Gasteiger partial charge in [-0.15, -0.1) is 21.5 Å². The minimum atomic E-state index is -0.720. The second-order valence-corrected chi connectivity index (χ2v) is 10.7. The second kappa shape index (κ2) is 12.1. The smallest absolute Gasteiger partial charge is 0.341 e. The molecule has 1 aliphatic carbocycles. The fourth-order valence-electron chi connectivity index (χ4n) is 3.95. The van der Waals surface area contributed by atoms with Gasteiger partial charge in [0.15, 0.2) is 11.0 Å². The summed E-state index contributed by atoms with van der Waals surface area (Å²) in [7, 11) is 1.70. The number of anilines is 1. The third kappa shape index (κ3) is 6.13. The van der Waals surface area contributed by atoms with Gasteiger partial charge in [-0.25, -0.2) is 9.18 Å². The second-order valence-electron chi connectivity index (χ2n) is 8.21. The number of ether oxygens (including phenoxy) is 1. The van der Waals surface area contributed by atoms with Gasteiger partial charge >= 0.3 is 5.97 Å². The Morgan fingerprint density at radius 1 is 1.22 bits per heavy atom. The molecule has 0 saturated heterocycles. The van der Waals surface area contributed by atoms with Crippen LogP contribution in [0.4, 0.5) is 9.39 Å². The number of fused-ring (bicyclic) bond motifs is 1. The van der Waals surface area contributed by atoms with Gasteiger partial charge < -0.3 is 19.9 Å². The van der Waals surface area contributed by atoms with Crippen LogP contribution in [0.1, 0.15) is 56.7 Å². The number of halogens is 2. The number of rotatable bonds is 9. The number of benzene rings is 1. The molecule has 0 fully saturated rings. The number of hydrogen-bond donors (Lipinski definition) is 2. The number of nitrogens with zero attached hydrogens (tertiary/aromatic N) is 3. The summed E-state index contributed by atoms with van der Waals surface area (Å²) in [6, 6.07) is 4.01. The molecule has 1 aliphatic rings. The van der Waals surface area contributed by atoms with Gasteiger partial charge in [-0.05, 0) is 50.3 Å². The molecule has 13 heteroatoms. The van der Waals surface area contributed by atoms with Crippen LogP contribution in [0.15, 0.2) is 23.4 Å². The molecule has 0 unspecified atom stereocenters. The number of aromatic nitrogens is 3. The van der Waals surface area contributed by atoms with Crippen LogP contribution < -0.4 is 10.6 Å². The SMILES string of the molecule is CCOC(=O)c1c(NC(=O)CSc2nnc(CNC(=O)c3c(F)cccc3Cl)n2C)sc2c1CCCC2. The van der Waals surface area contributed by atoms with E-state index in [1.54, 1.807) is 18.5 Å². The predicted molar refractivity (Wildman–Crippen MR) is 140 cm³/mol. The van der Waals surface area contributed by atoms with Crippen LogP contribution in [0.5, 0.6) is 0 Å². The highest BCUT2D eigenvalue weighted by Gasteiger charge is 2.27. The molecule has 0 bridgehead atoms. The van der Waals surface area contributed by atoms with Crippen molar-refractivity contribution < 1.29 is 23.5 Å². The van der Waals surface area contributed by atoms with Gasteiger partial charge in [0.2, 0.25) is 5.91 Å². The van der Waals surface area contributed by atoms with Crippen molar-refractivity contribution in [3.63, 3.8) is 0 Å². The molecule has 37 heavy (non-hydrogen) atoms. The topological polar surface area (TPSA) is 115 Å². The normalized spacial score (nSPS) is 12.6. The summed E-state index contributed by atoms with van der Waals surface area (Å²) in [5, 5.41) is 14.6. The third-order valence-corrected chi connectivity index (χ3v) is 8.30. The molecule has 2 N–H and O–H groups in total. The van der Waals surface area contributed by atoms with Crippen molar-refractivity contribution in [3.8, 4) is 0 Å². The monoisotopic (exact) mass is 565 g/mol. The number of esters is 1. The maximum absolute atomic E-state index is 14.0. The summed E-state index contributed by atoms with van der Waals surface area (Å²) in [6.45, 7) is 2.00. The van der Waals surface area contributed by atoms with Crippen molar-refractivity contribution in [1.82, 2.24) is 20.1 Å². The predicted octanol–water partition coefficient (Wildman–Crippen LogP) is 4.39. The maximum atomic E-state index is 14.0. The van der Waals surface area contributed by atoms with Crippen molar-refractivity contribution >= 4 is 57.5 Å². The van der Waals surface area contributed by atoms with Gasteiger partial charge in [-0.1, -0.05) is 29.4 Å². The third-order valence-electron chi connectivity index (χ3n) is 5.76. The van der Waals surface area contributed by atoms with Gasteiger partial charge in [0.05, 0.1) is 35.1 Å². The average molecular weight is 566 g/mol. The lowest BCUT2D eigenvalue weighted by molar-refractivity contribution is -0.113. The number of aryl methyl sites for hydroxylation is 1. The number of thiophene rings is 1. The molecule has 2 aromatic heterocycles. The summed E-state index contributed by atoms with van der Waals surface area (Å²) in [6.07, 6.45) is 3.74. The number of carbonyl (C=O) groups is 3. The van der Waals surface area contributed by atoms with E-state index in [-0.39, 0.29) is 35.4 Å². The standard InChI is InChI=1S/C24H25ClFN5O4S2/c1-3-35-23(34)19-13-7-4-5-10-16(13)37-22(19)28-18(32)12-36-24-30-29-17(31(24)2)11-27-21(33)20-14(25)8-6-9-15(20)26/h6,8-9H,3-5,7,10-12H2,1-2H3,(H,27,33)(H,28,32). The highest BCUT2D eigenvalue weighted by Crippen LogP contribution is 2.38. The van der Waals surface area contributed by atoms with Gasteiger partial charge in [0, 0.05) is 11.9 Å². The molecule has 0 radical (unpaired) electrons. The highest BCUT2D eigenvalue weighted by molar-refractivity contribution is 7.99. The summed E-state index contributed by atoms with van der Waals surface area (Å²) in [4.78, 5) is 38.8. The number of nitrogens with one attached hydrogen (secondary N) is 2. The fourth-order valence-corrected chi connectivity index (χ4v) is 6.23. The molecule has 0 saturated carbocycles. The van der Waals surface area contributed by atoms with E-state index in [9.17, 15) is 18.8 Å². The molecule has 3 aromatic rings. The number of amides is 2. The Bertz CT molecular complexity index is 1320. The first-order valence-corrected chi connectivity index (χ1v) is 13.8. The molecular weight excluding hydrogens is 541 g/mol.